The van der Waals surface area contributed by atoms with Crippen LogP contribution in [0, 0.1) is 0 Å². The predicted octanol–water partition coefficient (Wildman–Crippen LogP) is 14.3. The molecule has 0 bridgehead atoms. The average Bonchev–Trinajstić information content (AvgIpc) is 3.70. The zero-order valence-corrected chi connectivity index (χ0v) is 29.4. The third kappa shape index (κ3) is 5.69. The summed E-state index contributed by atoms with van der Waals surface area (Å²) in [6.45, 7) is 0. The van der Waals surface area contributed by atoms with E-state index in [0.29, 0.717) is 5.89 Å². The zero-order chi connectivity index (χ0) is 35.8. The predicted molar refractivity (Wildman–Crippen MR) is 225 cm³/mol. The van der Waals surface area contributed by atoms with Crippen molar-refractivity contribution in [2.24, 2.45) is 0 Å². The van der Waals surface area contributed by atoms with Crippen molar-refractivity contribution in [1.82, 2.24) is 4.98 Å². The Hall–Kier alpha value is -7.23. The largest absolute Gasteiger partial charge is 0.435 e. The van der Waals surface area contributed by atoms with Gasteiger partial charge in [0.15, 0.2) is 5.58 Å². The maximum Gasteiger partial charge on any atom is 0.227 e. The average molecular weight is 691 g/mol. The molecular formula is C51H34N2O. The van der Waals surface area contributed by atoms with Crippen LogP contribution in [0.25, 0.3) is 77.5 Å². The van der Waals surface area contributed by atoms with E-state index in [1.54, 1.807) is 0 Å². The Balaban J connectivity index is 1.05. The van der Waals surface area contributed by atoms with Crippen molar-refractivity contribution < 1.29 is 4.42 Å². The van der Waals surface area contributed by atoms with Crippen LogP contribution in [0.4, 0.5) is 17.1 Å². The van der Waals surface area contributed by atoms with E-state index < -0.39 is 0 Å². The van der Waals surface area contributed by atoms with Crippen molar-refractivity contribution in [3.8, 4) is 44.8 Å². The molecule has 0 aliphatic carbocycles. The van der Waals surface area contributed by atoms with Crippen LogP contribution in [0.1, 0.15) is 0 Å². The van der Waals surface area contributed by atoms with Gasteiger partial charge in [-0.05, 0) is 105 Å². The van der Waals surface area contributed by atoms with Gasteiger partial charge in [-0.15, -0.1) is 0 Å². The van der Waals surface area contributed by atoms with E-state index in [9.17, 15) is 0 Å². The van der Waals surface area contributed by atoms with Crippen molar-refractivity contribution in [3.05, 3.63) is 206 Å². The van der Waals surface area contributed by atoms with Gasteiger partial charge in [-0.3, -0.25) is 0 Å². The summed E-state index contributed by atoms with van der Waals surface area (Å²) in [6, 6.07) is 73.0. The maximum absolute atomic E-state index is 6.39. The van der Waals surface area contributed by atoms with Crippen molar-refractivity contribution >= 4 is 49.7 Å². The lowest BCUT2D eigenvalue weighted by molar-refractivity contribution is 0.623. The molecule has 1 aromatic heterocycles. The third-order valence-electron chi connectivity index (χ3n) is 10.3. The molecule has 10 aromatic rings. The van der Waals surface area contributed by atoms with E-state index in [4.69, 9.17) is 9.40 Å². The normalized spacial score (nSPS) is 11.3. The Labute approximate surface area is 314 Å². The van der Waals surface area contributed by atoms with Crippen molar-refractivity contribution in [3.63, 3.8) is 0 Å². The molecule has 0 saturated heterocycles. The van der Waals surface area contributed by atoms with Gasteiger partial charge in [0.1, 0.15) is 5.52 Å². The molecule has 254 valence electrons. The monoisotopic (exact) mass is 690 g/mol. The molecule has 0 atom stereocenters. The summed E-state index contributed by atoms with van der Waals surface area (Å²) in [7, 11) is 0. The van der Waals surface area contributed by atoms with Gasteiger partial charge in [0.2, 0.25) is 5.89 Å². The molecule has 0 fully saturated rings. The number of nitrogens with zero attached hydrogens (tertiary/aromatic N) is 2. The van der Waals surface area contributed by atoms with Gasteiger partial charge in [0.05, 0.1) is 5.69 Å². The fourth-order valence-corrected chi connectivity index (χ4v) is 7.60. The number of anilines is 3. The van der Waals surface area contributed by atoms with Crippen LogP contribution in [-0.4, -0.2) is 4.98 Å². The van der Waals surface area contributed by atoms with Crippen LogP contribution in [0.2, 0.25) is 0 Å². The van der Waals surface area contributed by atoms with Crippen LogP contribution >= 0.6 is 0 Å². The van der Waals surface area contributed by atoms with Crippen molar-refractivity contribution in [1.29, 1.82) is 0 Å². The molecule has 3 nitrogen and oxygen atoms in total. The highest BCUT2D eigenvalue weighted by Gasteiger charge is 2.18. The van der Waals surface area contributed by atoms with Gasteiger partial charge < -0.3 is 9.32 Å². The molecule has 1 heterocycles. The lowest BCUT2D eigenvalue weighted by atomic mass is 9.96. The second kappa shape index (κ2) is 13.4. The SMILES string of the molecule is c1ccc(-c2ccc(N(c3ccc(-c4ccc5ccc6c(ccc7nc(-c8ccccc8)oc76)c5c4)cc3)c3ccccc3-c3ccccc3)cc2)cc1. The van der Waals surface area contributed by atoms with E-state index in [2.05, 4.69) is 181 Å². The van der Waals surface area contributed by atoms with E-state index >= 15 is 0 Å². The highest BCUT2D eigenvalue weighted by molar-refractivity contribution is 6.16. The highest BCUT2D eigenvalue weighted by Crippen LogP contribution is 2.42. The molecule has 3 heteroatoms. The molecule has 0 amide bonds. The summed E-state index contributed by atoms with van der Waals surface area (Å²) < 4.78 is 6.39. The first-order valence-electron chi connectivity index (χ1n) is 18.3. The van der Waals surface area contributed by atoms with Crippen LogP contribution in [0.15, 0.2) is 211 Å². The minimum atomic E-state index is 0.639. The van der Waals surface area contributed by atoms with Crippen LogP contribution in [0.5, 0.6) is 0 Å². The van der Waals surface area contributed by atoms with Gasteiger partial charge in [-0.1, -0.05) is 146 Å². The lowest BCUT2D eigenvalue weighted by Gasteiger charge is -2.28. The molecule has 0 aliphatic heterocycles. The molecule has 0 saturated carbocycles. The van der Waals surface area contributed by atoms with Crippen LogP contribution in [0.3, 0.4) is 0 Å². The van der Waals surface area contributed by atoms with Crippen molar-refractivity contribution in [2.45, 2.75) is 0 Å². The lowest BCUT2D eigenvalue weighted by Crippen LogP contribution is -2.11. The fraction of sp³-hybridized carbons (Fsp3) is 0. The summed E-state index contributed by atoms with van der Waals surface area (Å²) in [4.78, 5) is 7.18. The number of aromatic nitrogens is 1. The number of para-hydroxylation sites is 1. The fourth-order valence-electron chi connectivity index (χ4n) is 7.60. The Morgan fingerprint density at radius 3 is 1.57 bits per heavy atom. The summed E-state index contributed by atoms with van der Waals surface area (Å²) in [5, 5.41) is 4.59. The Morgan fingerprint density at radius 2 is 0.889 bits per heavy atom. The maximum atomic E-state index is 6.39. The van der Waals surface area contributed by atoms with Crippen LogP contribution < -0.4 is 4.90 Å². The zero-order valence-electron chi connectivity index (χ0n) is 29.4. The first kappa shape index (κ1) is 31.5. The van der Waals surface area contributed by atoms with Crippen LogP contribution in [-0.2, 0) is 0 Å². The molecule has 0 spiro atoms. The second-order valence-electron chi connectivity index (χ2n) is 13.6. The van der Waals surface area contributed by atoms with E-state index in [0.717, 1.165) is 55.6 Å². The molecule has 54 heavy (non-hydrogen) atoms. The number of hydrogen-bond acceptors (Lipinski definition) is 3. The Bertz CT molecular complexity index is 2900. The summed E-state index contributed by atoms with van der Waals surface area (Å²) in [6.07, 6.45) is 0. The van der Waals surface area contributed by atoms with Gasteiger partial charge >= 0.3 is 0 Å². The smallest absolute Gasteiger partial charge is 0.227 e. The molecule has 9 aromatic carbocycles. The molecule has 0 radical (unpaired) electrons. The number of fused-ring (bicyclic) bond motifs is 5. The number of benzene rings is 9. The number of rotatable bonds is 7. The summed E-state index contributed by atoms with van der Waals surface area (Å²) >= 11 is 0. The molecule has 0 unspecified atom stereocenters. The van der Waals surface area contributed by atoms with E-state index in [1.165, 1.54) is 33.0 Å². The van der Waals surface area contributed by atoms with E-state index in [-0.39, 0.29) is 0 Å². The highest BCUT2D eigenvalue weighted by atomic mass is 16.3. The Morgan fingerprint density at radius 1 is 0.370 bits per heavy atom. The van der Waals surface area contributed by atoms with Gasteiger partial charge in [0.25, 0.3) is 0 Å². The second-order valence-corrected chi connectivity index (χ2v) is 13.6. The third-order valence-corrected chi connectivity index (χ3v) is 10.3. The molecule has 0 N–H and O–H groups in total. The minimum absolute atomic E-state index is 0.639. The van der Waals surface area contributed by atoms with Gasteiger partial charge in [-0.25, -0.2) is 4.98 Å². The first-order chi connectivity index (χ1) is 26.8. The summed E-state index contributed by atoms with van der Waals surface area (Å²) in [5.41, 5.74) is 13.0. The topological polar surface area (TPSA) is 29.3 Å². The van der Waals surface area contributed by atoms with E-state index in [1.807, 2.05) is 30.3 Å². The Kier molecular flexibility index (Phi) is 7.81. The molecular weight excluding hydrogens is 657 g/mol. The standard InChI is InChI=1S/C51H34N2O/c1-4-12-35(13-5-1)36-22-27-42(28-23-36)53(49-19-11-10-18-44(49)38-14-6-2-7-15-38)43-29-24-37(25-30-43)41-21-20-39-26-31-46-45(47(39)34-41)32-33-48-50(46)54-51(52-48)40-16-8-3-9-17-40/h1-34H. The summed E-state index contributed by atoms with van der Waals surface area (Å²) in [5.74, 6) is 0.639. The number of hydrogen-bond donors (Lipinski definition) is 0. The minimum Gasteiger partial charge on any atom is -0.435 e. The first-order valence-corrected chi connectivity index (χ1v) is 18.3. The molecule has 10 rings (SSSR count). The molecule has 0 aliphatic rings. The number of oxazole rings is 1. The van der Waals surface area contributed by atoms with Gasteiger partial charge in [-0.2, -0.15) is 0 Å². The van der Waals surface area contributed by atoms with Crippen molar-refractivity contribution in [2.75, 3.05) is 4.90 Å². The van der Waals surface area contributed by atoms with Gasteiger partial charge in [0, 0.05) is 27.9 Å². The quantitative estimate of drug-likeness (QED) is 0.156.